The fraction of sp³-hybridized carbons (Fsp3) is 0.571. The van der Waals surface area contributed by atoms with Gasteiger partial charge in [0.05, 0.1) is 7.11 Å². The zero-order chi connectivity index (χ0) is 7.56. The maximum Gasteiger partial charge on any atom is 0.513 e. The molecule has 1 aliphatic carbocycles. The van der Waals surface area contributed by atoms with Crippen LogP contribution in [0.5, 0.6) is 0 Å². The average molecular weight is 142 g/mol. The summed E-state index contributed by atoms with van der Waals surface area (Å²) >= 11 is 0. The van der Waals surface area contributed by atoms with E-state index in [9.17, 15) is 4.79 Å². The summed E-state index contributed by atoms with van der Waals surface area (Å²) in [7, 11) is 1.28. The summed E-state index contributed by atoms with van der Waals surface area (Å²) in [4.78, 5) is 10.4. The number of ether oxygens (including phenoxy) is 2. The molecule has 0 aromatic rings. The molecule has 0 amide bonds. The summed E-state index contributed by atoms with van der Waals surface area (Å²) in [6.45, 7) is 3.58. The van der Waals surface area contributed by atoms with E-state index in [4.69, 9.17) is 0 Å². The van der Waals surface area contributed by atoms with Crippen LogP contribution in [0.3, 0.4) is 0 Å². The molecule has 0 atom stereocenters. The molecular weight excluding hydrogens is 132 g/mol. The smallest absolute Gasteiger partial charge is 0.437 e. The summed E-state index contributed by atoms with van der Waals surface area (Å²) in [5.74, 6) is 0.922. The molecule has 0 saturated heterocycles. The Bertz CT molecular complexity index is 158. The Morgan fingerprint density at radius 2 is 2.20 bits per heavy atom. The van der Waals surface area contributed by atoms with E-state index in [2.05, 4.69) is 16.1 Å². The molecule has 0 N–H and O–H groups in total. The molecule has 3 nitrogen and oxygen atoms in total. The zero-order valence-corrected chi connectivity index (χ0v) is 5.92. The van der Waals surface area contributed by atoms with Crippen LogP contribution < -0.4 is 0 Å². The van der Waals surface area contributed by atoms with Crippen molar-refractivity contribution in [2.24, 2.45) is 5.92 Å². The van der Waals surface area contributed by atoms with E-state index in [1.165, 1.54) is 7.11 Å². The minimum absolute atomic E-state index is 0.388. The topological polar surface area (TPSA) is 35.5 Å². The van der Waals surface area contributed by atoms with Gasteiger partial charge in [-0.25, -0.2) is 4.79 Å². The van der Waals surface area contributed by atoms with E-state index in [-0.39, 0.29) is 0 Å². The third-order valence-electron chi connectivity index (χ3n) is 1.41. The molecule has 10 heavy (non-hydrogen) atoms. The van der Waals surface area contributed by atoms with Gasteiger partial charge in [-0.3, -0.25) is 0 Å². The Kier molecular flexibility index (Phi) is 1.94. The first-order chi connectivity index (χ1) is 4.74. The van der Waals surface area contributed by atoms with Crippen molar-refractivity contribution in [3.8, 4) is 0 Å². The highest BCUT2D eigenvalue weighted by atomic mass is 16.7. The van der Waals surface area contributed by atoms with Gasteiger partial charge in [0.15, 0.2) is 0 Å². The van der Waals surface area contributed by atoms with E-state index < -0.39 is 6.16 Å². The van der Waals surface area contributed by atoms with Crippen LogP contribution in [0, 0.1) is 5.92 Å². The van der Waals surface area contributed by atoms with E-state index in [0.717, 1.165) is 12.8 Å². The lowest BCUT2D eigenvalue weighted by Crippen LogP contribution is -2.03. The van der Waals surface area contributed by atoms with Crippen LogP contribution in [-0.4, -0.2) is 13.3 Å². The van der Waals surface area contributed by atoms with Crippen molar-refractivity contribution >= 4 is 6.16 Å². The summed E-state index contributed by atoms with van der Waals surface area (Å²) < 4.78 is 8.94. The van der Waals surface area contributed by atoms with Gasteiger partial charge in [-0.15, -0.1) is 0 Å². The highest BCUT2D eigenvalue weighted by molar-refractivity contribution is 5.61. The molecule has 0 aromatic heterocycles. The zero-order valence-electron chi connectivity index (χ0n) is 5.92. The number of carbonyl (C=O) groups is 1. The second kappa shape index (κ2) is 2.73. The average Bonchev–Trinajstić information content (AvgIpc) is 2.68. The lowest BCUT2D eigenvalue weighted by atomic mass is 10.4. The van der Waals surface area contributed by atoms with Crippen molar-refractivity contribution in [2.45, 2.75) is 12.8 Å². The largest absolute Gasteiger partial charge is 0.513 e. The van der Waals surface area contributed by atoms with Crippen LogP contribution in [-0.2, 0) is 9.47 Å². The quantitative estimate of drug-likeness (QED) is 0.434. The Balaban J connectivity index is 2.23. The van der Waals surface area contributed by atoms with Crippen LogP contribution in [0.15, 0.2) is 12.3 Å². The first kappa shape index (κ1) is 7.12. The van der Waals surface area contributed by atoms with Crippen molar-refractivity contribution in [3.05, 3.63) is 12.3 Å². The van der Waals surface area contributed by atoms with Gasteiger partial charge in [0, 0.05) is 5.92 Å². The summed E-state index contributed by atoms with van der Waals surface area (Å²) in [6.07, 6.45) is 1.49. The first-order valence-electron chi connectivity index (χ1n) is 3.18. The highest BCUT2D eigenvalue weighted by Gasteiger charge is 2.27. The van der Waals surface area contributed by atoms with Gasteiger partial charge in [-0.05, 0) is 12.8 Å². The van der Waals surface area contributed by atoms with Gasteiger partial charge in [-0.1, -0.05) is 6.58 Å². The normalized spacial score (nSPS) is 16.1. The molecule has 0 radical (unpaired) electrons. The number of allylic oxidation sites excluding steroid dienone is 1. The molecule has 0 spiro atoms. The van der Waals surface area contributed by atoms with E-state index in [0.29, 0.717) is 11.7 Å². The second-order valence-electron chi connectivity index (χ2n) is 2.30. The maximum atomic E-state index is 10.4. The molecule has 0 bridgehead atoms. The van der Waals surface area contributed by atoms with E-state index in [1.54, 1.807) is 0 Å². The van der Waals surface area contributed by atoms with Crippen LogP contribution in [0.4, 0.5) is 4.79 Å². The predicted octanol–water partition coefficient (Wildman–Crippen LogP) is 1.69. The third kappa shape index (κ3) is 1.76. The Labute approximate surface area is 59.6 Å². The van der Waals surface area contributed by atoms with Gasteiger partial charge >= 0.3 is 6.16 Å². The molecule has 0 unspecified atom stereocenters. The van der Waals surface area contributed by atoms with Crippen LogP contribution in [0.1, 0.15) is 12.8 Å². The van der Waals surface area contributed by atoms with E-state index in [1.807, 2.05) is 0 Å². The number of carbonyl (C=O) groups excluding carboxylic acids is 1. The maximum absolute atomic E-state index is 10.4. The SMILES string of the molecule is C=C(OC(=O)OC)C1CC1. The Morgan fingerprint density at radius 3 is 2.60 bits per heavy atom. The highest BCUT2D eigenvalue weighted by Crippen LogP contribution is 2.35. The van der Waals surface area contributed by atoms with Crippen molar-refractivity contribution in [2.75, 3.05) is 7.11 Å². The molecule has 1 aliphatic rings. The monoisotopic (exact) mass is 142 g/mol. The molecule has 1 fully saturated rings. The number of hydrogen-bond acceptors (Lipinski definition) is 3. The first-order valence-corrected chi connectivity index (χ1v) is 3.18. The van der Waals surface area contributed by atoms with Crippen LogP contribution >= 0.6 is 0 Å². The minimum atomic E-state index is -0.670. The second-order valence-corrected chi connectivity index (χ2v) is 2.30. The summed E-state index contributed by atoms with van der Waals surface area (Å²) in [6, 6.07) is 0. The molecule has 56 valence electrons. The van der Waals surface area contributed by atoms with Crippen LogP contribution in [0.25, 0.3) is 0 Å². The van der Waals surface area contributed by atoms with Crippen molar-refractivity contribution in [3.63, 3.8) is 0 Å². The Hall–Kier alpha value is -0.990. The van der Waals surface area contributed by atoms with Crippen molar-refractivity contribution in [1.29, 1.82) is 0 Å². The Morgan fingerprint density at radius 1 is 1.60 bits per heavy atom. The van der Waals surface area contributed by atoms with Gasteiger partial charge in [0.1, 0.15) is 5.76 Å². The molecule has 1 saturated carbocycles. The summed E-state index contributed by atoms with van der Waals surface area (Å²) in [5.41, 5.74) is 0. The minimum Gasteiger partial charge on any atom is -0.437 e. The van der Waals surface area contributed by atoms with Gasteiger partial charge in [0.25, 0.3) is 0 Å². The summed E-state index contributed by atoms with van der Waals surface area (Å²) in [5, 5.41) is 0. The molecular formula is C7H10O3. The molecule has 0 heterocycles. The van der Waals surface area contributed by atoms with Gasteiger partial charge in [0.2, 0.25) is 0 Å². The number of rotatable bonds is 2. The molecule has 1 rings (SSSR count). The van der Waals surface area contributed by atoms with Crippen molar-refractivity contribution in [1.82, 2.24) is 0 Å². The lowest BCUT2D eigenvalue weighted by Gasteiger charge is -2.02. The van der Waals surface area contributed by atoms with Gasteiger partial charge < -0.3 is 9.47 Å². The van der Waals surface area contributed by atoms with Crippen molar-refractivity contribution < 1.29 is 14.3 Å². The molecule has 0 aliphatic heterocycles. The lowest BCUT2D eigenvalue weighted by molar-refractivity contribution is 0.0938. The van der Waals surface area contributed by atoms with Crippen LogP contribution in [0.2, 0.25) is 0 Å². The number of methoxy groups -OCH3 is 1. The fourth-order valence-electron chi connectivity index (χ4n) is 0.637. The predicted molar refractivity (Wildman–Crippen MR) is 35.4 cm³/mol. The fourth-order valence-corrected chi connectivity index (χ4v) is 0.637. The standard InChI is InChI=1S/C7H10O3/c1-5(6-3-4-6)10-7(8)9-2/h6H,1,3-4H2,2H3. The van der Waals surface area contributed by atoms with Gasteiger partial charge in [-0.2, -0.15) is 0 Å². The third-order valence-corrected chi connectivity index (χ3v) is 1.41. The molecule has 0 aromatic carbocycles. The van der Waals surface area contributed by atoms with E-state index >= 15 is 0 Å². The molecule has 3 heteroatoms. The number of hydrogen-bond donors (Lipinski definition) is 0.